The molecule has 4 aliphatic rings. The van der Waals surface area contributed by atoms with Crippen LogP contribution in [0.1, 0.15) is 71.6 Å². The van der Waals surface area contributed by atoms with Gasteiger partial charge in [0.05, 0.1) is 19.3 Å². The van der Waals surface area contributed by atoms with E-state index in [0.29, 0.717) is 29.8 Å². The average Bonchev–Trinajstić information content (AvgIpc) is 2.88. The van der Waals surface area contributed by atoms with Gasteiger partial charge in [-0.05, 0) is 80.5 Å². The van der Waals surface area contributed by atoms with Crippen molar-refractivity contribution >= 4 is 5.78 Å². The van der Waals surface area contributed by atoms with E-state index in [-0.39, 0.29) is 12.0 Å². The molecule has 4 fully saturated rings. The van der Waals surface area contributed by atoms with Gasteiger partial charge in [0.2, 0.25) is 0 Å². The SMILES string of the molecule is C[C@]12CC[C@H](OCCO)C[C@H]1CC[C@@H]1[C@@H]2CC[C@]2(C)C(=O)CC[C@@H]12. The van der Waals surface area contributed by atoms with Crippen LogP contribution in [0.15, 0.2) is 0 Å². The van der Waals surface area contributed by atoms with Crippen molar-refractivity contribution in [3.8, 4) is 0 Å². The standard InChI is InChI=1S/C21H34O3/c1-20-9-7-15(24-12-11-22)13-14(20)3-4-16-17-5-6-19(23)21(17,2)10-8-18(16)20/h14-18,22H,3-13H2,1-2H3/t14-,15+,16+,17+,18+,20+,21+/m1/s1. The Bertz CT molecular complexity index is 503. The van der Waals surface area contributed by atoms with Crippen molar-refractivity contribution < 1.29 is 14.6 Å². The van der Waals surface area contributed by atoms with Crippen LogP contribution in [0.2, 0.25) is 0 Å². The lowest BCUT2D eigenvalue weighted by Crippen LogP contribution is -2.54. The van der Waals surface area contributed by atoms with Gasteiger partial charge in [-0.1, -0.05) is 13.8 Å². The Balaban J connectivity index is 1.51. The molecule has 0 aliphatic heterocycles. The number of ether oxygens (including phenoxy) is 1. The Morgan fingerprint density at radius 1 is 1.08 bits per heavy atom. The van der Waals surface area contributed by atoms with Crippen LogP contribution in [0.25, 0.3) is 0 Å². The fourth-order valence-electron chi connectivity index (χ4n) is 7.36. The molecule has 7 atom stereocenters. The molecule has 0 aromatic carbocycles. The van der Waals surface area contributed by atoms with E-state index in [2.05, 4.69) is 13.8 Å². The van der Waals surface area contributed by atoms with E-state index >= 15 is 0 Å². The van der Waals surface area contributed by atoms with Gasteiger partial charge in [0.15, 0.2) is 0 Å². The lowest BCUT2D eigenvalue weighted by atomic mass is 9.45. The predicted octanol–water partition coefficient (Wildman–Crippen LogP) is 3.98. The van der Waals surface area contributed by atoms with Gasteiger partial charge >= 0.3 is 0 Å². The van der Waals surface area contributed by atoms with Gasteiger partial charge in [-0.25, -0.2) is 0 Å². The zero-order valence-electron chi connectivity index (χ0n) is 15.4. The molecule has 4 saturated carbocycles. The highest BCUT2D eigenvalue weighted by Crippen LogP contribution is 2.65. The summed E-state index contributed by atoms with van der Waals surface area (Å²) in [5, 5.41) is 9.01. The minimum atomic E-state index is 0.00576. The maximum absolute atomic E-state index is 12.5. The molecule has 0 unspecified atom stereocenters. The van der Waals surface area contributed by atoms with Crippen LogP contribution >= 0.6 is 0 Å². The molecule has 3 heteroatoms. The number of ketones is 1. The second kappa shape index (κ2) is 6.09. The van der Waals surface area contributed by atoms with Crippen molar-refractivity contribution in [2.45, 2.75) is 77.7 Å². The van der Waals surface area contributed by atoms with Gasteiger partial charge in [-0.2, -0.15) is 0 Å². The van der Waals surface area contributed by atoms with Crippen LogP contribution in [0.5, 0.6) is 0 Å². The summed E-state index contributed by atoms with van der Waals surface area (Å²) in [6, 6.07) is 0. The molecular weight excluding hydrogens is 300 g/mol. The summed E-state index contributed by atoms with van der Waals surface area (Å²) in [4.78, 5) is 12.5. The first kappa shape index (κ1) is 17.0. The van der Waals surface area contributed by atoms with Gasteiger partial charge in [-0.3, -0.25) is 4.79 Å². The minimum absolute atomic E-state index is 0.00576. The van der Waals surface area contributed by atoms with E-state index in [1.54, 1.807) is 0 Å². The molecule has 24 heavy (non-hydrogen) atoms. The first-order chi connectivity index (χ1) is 11.5. The van der Waals surface area contributed by atoms with Gasteiger partial charge in [0, 0.05) is 11.8 Å². The number of aliphatic hydroxyl groups is 1. The lowest BCUT2D eigenvalue weighted by Gasteiger charge is -2.60. The largest absolute Gasteiger partial charge is 0.394 e. The van der Waals surface area contributed by atoms with Crippen LogP contribution in [0, 0.1) is 34.5 Å². The maximum atomic E-state index is 12.5. The summed E-state index contributed by atoms with van der Waals surface area (Å²) in [6.45, 7) is 5.45. The van der Waals surface area contributed by atoms with Crippen LogP contribution < -0.4 is 0 Å². The fourth-order valence-corrected chi connectivity index (χ4v) is 7.36. The molecule has 1 N–H and O–H groups in total. The zero-order chi connectivity index (χ0) is 16.9. The van der Waals surface area contributed by atoms with Crippen molar-refractivity contribution in [1.29, 1.82) is 0 Å². The van der Waals surface area contributed by atoms with Crippen molar-refractivity contribution in [3.63, 3.8) is 0 Å². The molecule has 0 saturated heterocycles. The number of hydrogen-bond donors (Lipinski definition) is 1. The second-order valence-electron chi connectivity index (χ2n) is 9.57. The van der Waals surface area contributed by atoms with Crippen LogP contribution in [-0.2, 0) is 9.53 Å². The summed E-state index contributed by atoms with van der Waals surface area (Å²) in [5.41, 5.74) is 0.459. The number of aliphatic hydroxyl groups excluding tert-OH is 1. The number of hydrogen-bond acceptors (Lipinski definition) is 3. The minimum Gasteiger partial charge on any atom is -0.394 e. The first-order valence-corrected chi connectivity index (χ1v) is 10.2. The zero-order valence-corrected chi connectivity index (χ0v) is 15.4. The van der Waals surface area contributed by atoms with Crippen molar-refractivity contribution in [2.75, 3.05) is 13.2 Å². The molecule has 0 radical (unpaired) electrons. The fraction of sp³-hybridized carbons (Fsp3) is 0.952. The summed E-state index contributed by atoms with van der Waals surface area (Å²) in [7, 11) is 0. The molecule has 136 valence electrons. The van der Waals surface area contributed by atoms with Crippen molar-refractivity contribution in [3.05, 3.63) is 0 Å². The first-order valence-electron chi connectivity index (χ1n) is 10.2. The summed E-state index contributed by atoms with van der Waals surface area (Å²) >= 11 is 0. The molecule has 0 aromatic heterocycles. The van der Waals surface area contributed by atoms with E-state index < -0.39 is 0 Å². The van der Waals surface area contributed by atoms with E-state index in [0.717, 1.165) is 43.4 Å². The normalized spacial score (nSPS) is 51.0. The third-order valence-electron chi connectivity index (χ3n) is 8.77. The van der Waals surface area contributed by atoms with Crippen molar-refractivity contribution in [2.24, 2.45) is 34.5 Å². The predicted molar refractivity (Wildman–Crippen MR) is 93.6 cm³/mol. The van der Waals surface area contributed by atoms with Gasteiger partial charge < -0.3 is 9.84 Å². The quantitative estimate of drug-likeness (QED) is 0.849. The Hall–Kier alpha value is -0.410. The topological polar surface area (TPSA) is 46.5 Å². The van der Waals surface area contributed by atoms with Crippen LogP contribution in [0.3, 0.4) is 0 Å². The molecular formula is C21H34O3. The highest BCUT2D eigenvalue weighted by Gasteiger charge is 2.60. The molecule has 3 nitrogen and oxygen atoms in total. The molecule has 0 bridgehead atoms. The summed E-state index contributed by atoms with van der Waals surface area (Å²) in [5.74, 6) is 3.59. The molecule has 4 aliphatic carbocycles. The Morgan fingerprint density at radius 2 is 1.92 bits per heavy atom. The molecule has 0 amide bonds. The van der Waals surface area contributed by atoms with E-state index in [9.17, 15) is 4.79 Å². The highest BCUT2D eigenvalue weighted by atomic mass is 16.5. The molecule has 0 heterocycles. The smallest absolute Gasteiger partial charge is 0.139 e. The summed E-state index contributed by atoms with van der Waals surface area (Å²) < 4.78 is 5.87. The Morgan fingerprint density at radius 3 is 2.71 bits per heavy atom. The number of fused-ring (bicyclic) bond motifs is 5. The van der Waals surface area contributed by atoms with Gasteiger partial charge in [0.25, 0.3) is 0 Å². The monoisotopic (exact) mass is 334 g/mol. The lowest BCUT2D eigenvalue weighted by molar-refractivity contribution is -0.145. The van der Waals surface area contributed by atoms with Crippen LogP contribution in [-0.4, -0.2) is 30.2 Å². The van der Waals surface area contributed by atoms with E-state index in [1.807, 2.05) is 0 Å². The van der Waals surface area contributed by atoms with E-state index in [4.69, 9.17) is 9.84 Å². The maximum Gasteiger partial charge on any atom is 0.139 e. The molecule has 0 aromatic rings. The van der Waals surface area contributed by atoms with Gasteiger partial charge in [-0.15, -0.1) is 0 Å². The third-order valence-corrected chi connectivity index (χ3v) is 8.77. The Labute approximate surface area is 146 Å². The number of carbonyl (C=O) groups is 1. The number of carbonyl (C=O) groups excluding carboxylic acids is 1. The van der Waals surface area contributed by atoms with Crippen LogP contribution in [0.4, 0.5) is 0 Å². The van der Waals surface area contributed by atoms with Gasteiger partial charge in [0.1, 0.15) is 5.78 Å². The molecule has 0 spiro atoms. The second-order valence-corrected chi connectivity index (χ2v) is 9.57. The molecule has 4 rings (SSSR count). The number of Topliss-reactive ketones (excluding diaryl/α,β-unsaturated/α-hetero) is 1. The Kier molecular flexibility index (Phi) is 4.32. The van der Waals surface area contributed by atoms with E-state index in [1.165, 1.54) is 32.1 Å². The highest BCUT2D eigenvalue weighted by molar-refractivity contribution is 5.87. The average molecular weight is 335 g/mol. The number of rotatable bonds is 3. The van der Waals surface area contributed by atoms with Crippen molar-refractivity contribution in [1.82, 2.24) is 0 Å². The third kappa shape index (κ3) is 2.41. The summed E-state index contributed by atoms with van der Waals surface area (Å²) in [6.07, 6.45) is 11.0.